The number of amides is 2. The van der Waals surface area contributed by atoms with Crippen LogP contribution in [-0.4, -0.2) is 42.2 Å². The number of nitro groups is 1. The zero-order valence-electron chi connectivity index (χ0n) is 16.8. The summed E-state index contributed by atoms with van der Waals surface area (Å²) >= 11 is 0. The Morgan fingerprint density at radius 1 is 1.26 bits per heavy atom. The number of carbonyl (C=O) groups excluding carboxylic acids is 2. The van der Waals surface area contributed by atoms with Gasteiger partial charge in [0.05, 0.1) is 31.0 Å². The summed E-state index contributed by atoms with van der Waals surface area (Å²) in [6.07, 6.45) is 1.26. The van der Waals surface area contributed by atoms with E-state index in [0.717, 1.165) is 0 Å². The van der Waals surface area contributed by atoms with E-state index in [0.29, 0.717) is 11.3 Å². The highest BCUT2D eigenvalue weighted by molar-refractivity contribution is 5.95. The predicted molar refractivity (Wildman–Crippen MR) is 107 cm³/mol. The molecule has 11 nitrogen and oxygen atoms in total. The predicted octanol–water partition coefficient (Wildman–Crippen LogP) is 2.25. The fourth-order valence-corrected chi connectivity index (χ4v) is 3.01. The SMILES string of the molecule is CCOC(=O)C1=C(COc2cccnc2[N+](=O)[O-])NC(=O)N[C@@H]1c1ccc(OC)cc1. The van der Waals surface area contributed by atoms with Crippen molar-refractivity contribution < 1.29 is 28.7 Å². The van der Waals surface area contributed by atoms with Gasteiger partial charge in [0, 0.05) is 0 Å². The quantitative estimate of drug-likeness (QED) is 0.370. The third-order valence-corrected chi connectivity index (χ3v) is 4.39. The number of urea groups is 1. The normalized spacial score (nSPS) is 15.5. The van der Waals surface area contributed by atoms with Crippen LogP contribution in [0.5, 0.6) is 11.5 Å². The number of methoxy groups -OCH3 is 1. The monoisotopic (exact) mass is 428 g/mol. The molecule has 1 aromatic carbocycles. The minimum absolute atomic E-state index is 0.100. The van der Waals surface area contributed by atoms with E-state index in [9.17, 15) is 19.7 Å². The van der Waals surface area contributed by atoms with Crippen LogP contribution in [0.2, 0.25) is 0 Å². The van der Waals surface area contributed by atoms with Gasteiger partial charge in [-0.15, -0.1) is 0 Å². The number of carbonyl (C=O) groups is 2. The lowest BCUT2D eigenvalue weighted by Gasteiger charge is -2.29. The Balaban J connectivity index is 1.98. The van der Waals surface area contributed by atoms with Crippen molar-refractivity contribution in [3.63, 3.8) is 0 Å². The number of benzene rings is 1. The molecule has 0 spiro atoms. The number of rotatable bonds is 8. The Bertz CT molecular complexity index is 1020. The van der Waals surface area contributed by atoms with Crippen molar-refractivity contribution in [3.05, 3.63) is 69.5 Å². The van der Waals surface area contributed by atoms with Gasteiger partial charge in [-0.25, -0.2) is 9.59 Å². The van der Waals surface area contributed by atoms with E-state index >= 15 is 0 Å². The smallest absolute Gasteiger partial charge is 0.406 e. The molecule has 0 fully saturated rings. The molecule has 0 bridgehead atoms. The molecule has 0 saturated carbocycles. The summed E-state index contributed by atoms with van der Waals surface area (Å²) in [4.78, 5) is 39.2. The number of esters is 1. The molecule has 0 aliphatic carbocycles. The van der Waals surface area contributed by atoms with Crippen LogP contribution in [0.3, 0.4) is 0 Å². The van der Waals surface area contributed by atoms with Crippen molar-refractivity contribution in [2.45, 2.75) is 13.0 Å². The van der Waals surface area contributed by atoms with Gasteiger partial charge in [0.15, 0.2) is 0 Å². The van der Waals surface area contributed by atoms with Gasteiger partial charge in [0.25, 0.3) is 0 Å². The molecule has 162 valence electrons. The zero-order valence-corrected chi connectivity index (χ0v) is 16.8. The highest BCUT2D eigenvalue weighted by Gasteiger charge is 2.34. The third-order valence-electron chi connectivity index (χ3n) is 4.39. The first-order chi connectivity index (χ1) is 14.9. The van der Waals surface area contributed by atoms with Crippen molar-refractivity contribution in [2.24, 2.45) is 0 Å². The second-order valence-corrected chi connectivity index (χ2v) is 6.29. The van der Waals surface area contributed by atoms with Crippen LogP contribution in [0, 0.1) is 10.1 Å². The number of pyridine rings is 1. The van der Waals surface area contributed by atoms with Crippen LogP contribution in [-0.2, 0) is 9.53 Å². The highest BCUT2D eigenvalue weighted by Crippen LogP contribution is 2.30. The lowest BCUT2D eigenvalue weighted by atomic mass is 9.95. The van der Waals surface area contributed by atoms with Gasteiger partial charge >= 0.3 is 17.8 Å². The average Bonchev–Trinajstić information content (AvgIpc) is 2.77. The number of nitrogens with zero attached hydrogens (tertiary/aromatic N) is 2. The van der Waals surface area contributed by atoms with Crippen LogP contribution < -0.4 is 20.1 Å². The fourth-order valence-electron chi connectivity index (χ4n) is 3.01. The van der Waals surface area contributed by atoms with Gasteiger partial charge in [-0.05, 0) is 46.7 Å². The van der Waals surface area contributed by atoms with Gasteiger partial charge in [-0.1, -0.05) is 12.1 Å². The molecule has 2 amide bonds. The minimum Gasteiger partial charge on any atom is -0.497 e. The lowest BCUT2D eigenvalue weighted by molar-refractivity contribution is -0.390. The summed E-state index contributed by atoms with van der Waals surface area (Å²) in [6, 6.07) is 8.28. The van der Waals surface area contributed by atoms with Gasteiger partial charge in [0.2, 0.25) is 5.75 Å². The van der Waals surface area contributed by atoms with E-state index in [4.69, 9.17) is 14.2 Å². The molecule has 2 N–H and O–H groups in total. The molecule has 0 radical (unpaired) electrons. The summed E-state index contributed by atoms with van der Waals surface area (Å²) in [5.74, 6) is -0.627. The molecule has 31 heavy (non-hydrogen) atoms. The summed E-state index contributed by atoms with van der Waals surface area (Å²) in [5, 5.41) is 16.4. The summed E-state index contributed by atoms with van der Waals surface area (Å²) in [7, 11) is 1.53. The molecule has 2 aromatic rings. The van der Waals surface area contributed by atoms with Crippen LogP contribution in [0.4, 0.5) is 10.6 Å². The number of aromatic nitrogens is 1. The van der Waals surface area contributed by atoms with E-state index in [1.165, 1.54) is 25.4 Å². The molecule has 1 aromatic heterocycles. The number of nitrogens with one attached hydrogen (secondary N) is 2. The number of hydrogen-bond acceptors (Lipinski definition) is 8. The standard InChI is InChI=1S/C20H20N4O7/c1-3-30-19(25)16-14(11-31-15-5-4-10-21-18(15)24(27)28)22-20(26)23-17(16)12-6-8-13(29-2)9-7-12/h4-10,17H,3,11H2,1-2H3,(H2,22,23,26)/t17-/m1/s1. The molecule has 11 heteroatoms. The Morgan fingerprint density at radius 3 is 2.65 bits per heavy atom. The molecule has 0 saturated heterocycles. The Morgan fingerprint density at radius 2 is 2.00 bits per heavy atom. The highest BCUT2D eigenvalue weighted by atomic mass is 16.6. The van der Waals surface area contributed by atoms with Crippen molar-refractivity contribution in [1.82, 2.24) is 15.6 Å². The average molecular weight is 428 g/mol. The summed E-state index contributed by atoms with van der Waals surface area (Å²) in [5.41, 5.74) is 0.864. The van der Waals surface area contributed by atoms with Crippen molar-refractivity contribution in [1.29, 1.82) is 0 Å². The second kappa shape index (κ2) is 9.57. The van der Waals surface area contributed by atoms with Gasteiger partial charge in [0.1, 0.15) is 18.6 Å². The maximum absolute atomic E-state index is 12.7. The minimum atomic E-state index is -0.818. The summed E-state index contributed by atoms with van der Waals surface area (Å²) < 4.78 is 15.8. The van der Waals surface area contributed by atoms with Crippen LogP contribution in [0.15, 0.2) is 53.9 Å². The van der Waals surface area contributed by atoms with Crippen molar-refractivity contribution in [3.8, 4) is 11.5 Å². The third kappa shape index (κ3) is 4.89. The second-order valence-electron chi connectivity index (χ2n) is 6.29. The first-order valence-electron chi connectivity index (χ1n) is 9.28. The van der Waals surface area contributed by atoms with E-state index < -0.39 is 28.8 Å². The van der Waals surface area contributed by atoms with Crippen molar-refractivity contribution in [2.75, 3.05) is 20.3 Å². The molecular formula is C20H20N4O7. The van der Waals surface area contributed by atoms with Crippen LogP contribution >= 0.6 is 0 Å². The fraction of sp³-hybridized carbons (Fsp3) is 0.250. The van der Waals surface area contributed by atoms with Gasteiger partial charge < -0.3 is 35.0 Å². The maximum Gasteiger partial charge on any atom is 0.406 e. The lowest BCUT2D eigenvalue weighted by Crippen LogP contribution is -2.47. The Labute approximate surface area is 177 Å². The topological polar surface area (TPSA) is 142 Å². The van der Waals surface area contributed by atoms with Gasteiger partial charge in [-0.3, -0.25) is 0 Å². The first kappa shape index (κ1) is 21.6. The molecule has 3 rings (SSSR count). The summed E-state index contributed by atoms with van der Waals surface area (Å²) in [6.45, 7) is 1.46. The van der Waals surface area contributed by atoms with E-state index in [1.807, 2.05) is 0 Å². The first-order valence-corrected chi connectivity index (χ1v) is 9.28. The Hall–Kier alpha value is -4.15. The van der Waals surface area contributed by atoms with E-state index in [2.05, 4.69) is 15.6 Å². The number of ether oxygens (including phenoxy) is 3. The zero-order chi connectivity index (χ0) is 22.4. The van der Waals surface area contributed by atoms with Crippen LogP contribution in [0.25, 0.3) is 0 Å². The molecule has 2 heterocycles. The molecule has 0 unspecified atom stereocenters. The van der Waals surface area contributed by atoms with E-state index in [-0.39, 0.29) is 30.2 Å². The molecular weight excluding hydrogens is 408 g/mol. The largest absolute Gasteiger partial charge is 0.497 e. The Kier molecular flexibility index (Phi) is 6.65. The van der Waals surface area contributed by atoms with Gasteiger partial charge in [-0.2, -0.15) is 0 Å². The molecule has 1 aliphatic rings. The maximum atomic E-state index is 12.7. The van der Waals surface area contributed by atoms with Crippen molar-refractivity contribution >= 4 is 17.8 Å². The van der Waals surface area contributed by atoms with E-state index in [1.54, 1.807) is 31.2 Å². The van der Waals surface area contributed by atoms with Crippen LogP contribution in [0.1, 0.15) is 18.5 Å². The molecule has 1 aliphatic heterocycles. The molecule has 1 atom stereocenters. The number of hydrogen-bond donors (Lipinski definition) is 2.